The summed E-state index contributed by atoms with van der Waals surface area (Å²) >= 11 is 0. The quantitative estimate of drug-likeness (QED) is 0.133. The fraction of sp³-hybridized carbons (Fsp3) is 0. The smallest absolute Gasteiger partial charge is 0.362 e. The van der Waals surface area contributed by atoms with Gasteiger partial charge in [-0.25, -0.2) is 28.8 Å². The van der Waals surface area contributed by atoms with Crippen molar-refractivity contribution in [2.24, 2.45) is 0 Å². The number of aromatic carboxylic acids is 3. The molecular weight excluding hydrogens is 534 g/mol. The second-order valence-electron chi connectivity index (χ2n) is 7.18. The third-order valence-corrected chi connectivity index (χ3v) is 4.71. The van der Waals surface area contributed by atoms with Gasteiger partial charge in [0.1, 0.15) is 0 Å². The maximum atomic E-state index is 12.5. The zero-order chi connectivity index (χ0) is 28.8. The minimum absolute atomic E-state index is 0.293. The number of aromatic nitrogens is 9. The normalized spacial score (nSPS) is 10.8. The van der Waals surface area contributed by atoms with Crippen LogP contribution in [-0.4, -0.2) is 77.5 Å². The third-order valence-electron chi connectivity index (χ3n) is 4.71. The van der Waals surface area contributed by atoms with Gasteiger partial charge in [0.2, 0.25) is 17.1 Å². The number of benzene rings is 1. The largest absolute Gasteiger partial charge is 0.476 e. The number of H-pyrrole nitrogens is 3. The minimum atomic E-state index is -1.85. The van der Waals surface area contributed by atoms with Gasteiger partial charge >= 0.3 is 35.0 Å². The molecule has 1 aromatic carbocycles. The fourth-order valence-electron chi connectivity index (χ4n) is 3.09. The number of carbonyl (C=O) groups is 3. The third kappa shape index (κ3) is 4.55. The summed E-state index contributed by atoms with van der Waals surface area (Å²) in [7, 11) is 0. The van der Waals surface area contributed by atoms with Crippen molar-refractivity contribution < 1.29 is 29.7 Å². The Hall–Kier alpha value is -6.54. The predicted octanol–water partition coefficient (Wildman–Crippen LogP) is -4.52. The summed E-state index contributed by atoms with van der Waals surface area (Å²) in [6, 6.07) is 2.61. The van der Waals surface area contributed by atoms with Crippen LogP contribution in [0, 0.1) is 0 Å². The number of nitrogens with one attached hydrogen (secondary N) is 3. The summed E-state index contributed by atoms with van der Waals surface area (Å²) in [5.74, 6) is -5.55. The van der Waals surface area contributed by atoms with E-state index < -0.39 is 85.8 Å². The van der Waals surface area contributed by atoms with Crippen molar-refractivity contribution in [1.82, 2.24) is 44.3 Å². The lowest BCUT2D eigenvalue weighted by Gasteiger charge is -2.12. The van der Waals surface area contributed by atoms with Crippen LogP contribution in [0.15, 0.2) is 47.0 Å². The van der Waals surface area contributed by atoms with Crippen molar-refractivity contribution in [1.29, 1.82) is 0 Å². The maximum absolute atomic E-state index is 12.5. The zero-order valence-corrected chi connectivity index (χ0v) is 18.4. The number of nitrogens with zero attached hydrogens (tertiary/aromatic N) is 6. The lowest BCUT2D eigenvalue weighted by Crippen LogP contribution is -2.38. The molecule has 0 aliphatic heterocycles. The number of aromatic amines is 3. The van der Waals surface area contributed by atoms with Gasteiger partial charge in [-0.3, -0.25) is 29.3 Å². The lowest BCUT2D eigenvalue weighted by atomic mass is 10.2. The Kier molecular flexibility index (Phi) is 6.00. The van der Waals surface area contributed by atoms with Gasteiger partial charge in [-0.05, 0) is 18.2 Å². The Morgan fingerprint density at radius 3 is 0.949 bits per heavy atom. The predicted molar refractivity (Wildman–Crippen MR) is 119 cm³/mol. The first-order valence-corrected chi connectivity index (χ1v) is 9.85. The molecule has 0 aliphatic rings. The summed E-state index contributed by atoms with van der Waals surface area (Å²) in [4.78, 5) is 112. The van der Waals surface area contributed by atoms with E-state index in [1.807, 2.05) is 0 Å². The molecular formula is C18H9N9O12. The number of hydrogen-bond acceptors (Lipinski definition) is 12. The van der Waals surface area contributed by atoms with Crippen molar-refractivity contribution in [3.05, 3.63) is 97.8 Å². The Bertz CT molecular complexity index is 1840. The highest BCUT2D eigenvalue weighted by Gasteiger charge is 2.20. The molecule has 0 saturated heterocycles. The van der Waals surface area contributed by atoms with Crippen LogP contribution in [0.3, 0.4) is 0 Å². The van der Waals surface area contributed by atoms with E-state index in [0.717, 1.165) is 18.2 Å². The Morgan fingerprint density at radius 1 is 0.513 bits per heavy atom. The zero-order valence-electron chi connectivity index (χ0n) is 18.4. The monoisotopic (exact) mass is 543 g/mol. The van der Waals surface area contributed by atoms with Crippen molar-refractivity contribution in [2.75, 3.05) is 0 Å². The number of carboxylic acid groups (broad SMARTS) is 3. The van der Waals surface area contributed by atoms with E-state index in [1.165, 1.54) is 0 Å². The molecule has 0 unspecified atom stereocenters. The van der Waals surface area contributed by atoms with E-state index in [0.29, 0.717) is 14.0 Å². The molecule has 0 amide bonds. The molecule has 39 heavy (non-hydrogen) atoms. The van der Waals surface area contributed by atoms with Crippen LogP contribution in [0.25, 0.3) is 17.1 Å². The van der Waals surface area contributed by atoms with E-state index in [1.54, 1.807) is 15.0 Å². The molecule has 21 nitrogen and oxygen atoms in total. The molecule has 198 valence electrons. The highest BCUT2D eigenvalue weighted by molar-refractivity contribution is 5.85. The van der Waals surface area contributed by atoms with Crippen LogP contribution in [0.5, 0.6) is 0 Å². The molecule has 0 saturated carbocycles. The standard InChI is InChI=1S/C18H9N9O12/c28-10-7(13(31)32)22-25(16(37)19-10)4-1-5(26-17(38)20-11(29)8(23-26)14(33)34)3-6(2-4)27-18(39)21-12(30)9(24-27)15(35)36/h1-3H,(H,31,32)(H,33,34)(H,35,36)(H,19,28,37)(H,20,29,38)(H,21,30,39). The van der Waals surface area contributed by atoms with E-state index in [2.05, 4.69) is 15.3 Å². The van der Waals surface area contributed by atoms with Crippen LogP contribution in [0.1, 0.15) is 31.5 Å². The van der Waals surface area contributed by atoms with Crippen LogP contribution in [-0.2, 0) is 0 Å². The van der Waals surface area contributed by atoms with E-state index in [-0.39, 0.29) is 0 Å². The van der Waals surface area contributed by atoms with Crippen LogP contribution in [0.2, 0.25) is 0 Å². The Morgan fingerprint density at radius 2 is 0.744 bits per heavy atom. The maximum Gasteiger partial charge on any atom is 0.362 e. The van der Waals surface area contributed by atoms with Gasteiger partial charge in [0, 0.05) is 0 Å². The topological polar surface area (TPSA) is 315 Å². The summed E-state index contributed by atoms with van der Waals surface area (Å²) < 4.78 is 0.879. The molecule has 3 heterocycles. The molecule has 21 heteroatoms. The van der Waals surface area contributed by atoms with E-state index >= 15 is 0 Å². The van der Waals surface area contributed by atoms with Gasteiger partial charge in [0.05, 0.1) is 17.1 Å². The highest BCUT2D eigenvalue weighted by Crippen LogP contribution is 2.17. The molecule has 0 atom stereocenters. The minimum Gasteiger partial charge on any atom is -0.476 e. The summed E-state index contributed by atoms with van der Waals surface area (Å²) in [5.41, 5.74) is -13.2. The van der Waals surface area contributed by atoms with Gasteiger partial charge in [-0.2, -0.15) is 29.3 Å². The SMILES string of the molecule is O=C(O)c1nn(-c2cc(-n3nc(C(=O)O)c(=O)[nH]c3=O)cc(-n3nc(C(=O)O)c(=O)[nH]c3=O)c2)c(=O)[nH]c1=O. The summed E-state index contributed by atoms with van der Waals surface area (Å²) in [6.45, 7) is 0. The van der Waals surface area contributed by atoms with Gasteiger partial charge in [-0.15, -0.1) is 0 Å². The van der Waals surface area contributed by atoms with Gasteiger partial charge in [-0.1, -0.05) is 0 Å². The average Bonchev–Trinajstić information content (AvgIpc) is 2.83. The molecule has 0 radical (unpaired) electrons. The molecule has 6 N–H and O–H groups in total. The fourth-order valence-corrected chi connectivity index (χ4v) is 3.09. The second kappa shape index (κ2) is 9.16. The van der Waals surface area contributed by atoms with Crippen LogP contribution >= 0.6 is 0 Å². The Labute approximate surface area is 207 Å². The van der Waals surface area contributed by atoms with Crippen molar-refractivity contribution in [3.63, 3.8) is 0 Å². The molecule has 0 aliphatic carbocycles. The molecule has 4 aromatic rings. The highest BCUT2D eigenvalue weighted by atomic mass is 16.4. The number of rotatable bonds is 6. The van der Waals surface area contributed by atoms with Crippen molar-refractivity contribution in [2.45, 2.75) is 0 Å². The van der Waals surface area contributed by atoms with Gasteiger partial charge in [0.15, 0.2) is 0 Å². The Balaban J connectivity index is 2.15. The van der Waals surface area contributed by atoms with Gasteiger partial charge < -0.3 is 15.3 Å². The molecule has 0 bridgehead atoms. The van der Waals surface area contributed by atoms with Gasteiger partial charge in [0.25, 0.3) is 16.7 Å². The van der Waals surface area contributed by atoms with Crippen molar-refractivity contribution >= 4 is 17.9 Å². The second-order valence-corrected chi connectivity index (χ2v) is 7.18. The first-order chi connectivity index (χ1) is 18.3. The first-order valence-electron chi connectivity index (χ1n) is 9.85. The summed E-state index contributed by atoms with van der Waals surface area (Å²) in [5, 5.41) is 37.8. The molecule has 3 aromatic heterocycles. The average molecular weight is 543 g/mol. The van der Waals surface area contributed by atoms with Crippen molar-refractivity contribution in [3.8, 4) is 17.1 Å². The van der Waals surface area contributed by atoms with Crippen LogP contribution in [0.4, 0.5) is 0 Å². The summed E-state index contributed by atoms with van der Waals surface area (Å²) in [6.07, 6.45) is 0. The lowest BCUT2D eigenvalue weighted by molar-refractivity contribution is 0.0675. The number of hydrogen-bond donors (Lipinski definition) is 6. The molecule has 0 fully saturated rings. The number of carboxylic acids is 3. The van der Waals surface area contributed by atoms with Crippen LogP contribution < -0.4 is 33.7 Å². The van der Waals surface area contributed by atoms with E-state index in [9.17, 15) is 58.5 Å². The molecule has 0 spiro atoms. The van der Waals surface area contributed by atoms with E-state index in [4.69, 9.17) is 0 Å². The first kappa shape index (κ1) is 25.5. The molecule has 4 rings (SSSR count).